The van der Waals surface area contributed by atoms with Gasteiger partial charge >= 0.3 is 0 Å². The predicted octanol–water partition coefficient (Wildman–Crippen LogP) is 1.22. The Kier molecular flexibility index (Phi) is 4.12. The maximum atomic E-state index is 12.1. The number of hydrogen-bond donors (Lipinski definition) is 1. The fourth-order valence-corrected chi connectivity index (χ4v) is 2.84. The van der Waals surface area contributed by atoms with Crippen molar-refractivity contribution in [3.8, 4) is 5.75 Å². The maximum absolute atomic E-state index is 12.1. The van der Waals surface area contributed by atoms with Crippen LogP contribution in [-0.2, 0) is 4.79 Å². The Morgan fingerprint density at radius 2 is 2.05 bits per heavy atom. The Labute approximate surface area is 125 Å². The molecule has 1 heterocycles. The fraction of sp³-hybridized carbons (Fsp3) is 0.562. The number of methoxy groups -OCH3 is 1. The Morgan fingerprint density at radius 1 is 1.33 bits per heavy atom. The molecule has 1 amide bonds. The van der Waals surface area contributed by atoms with Crippen molar-refractivity contribution in [3.63, 3.8) is 0 Å². The first-order valence-corrected chi connectivity index (χ1v) is 7.56. The molecule has 3 rings (SSSR count). The standard InChI is InChI=1S/C16H23N3O2/c1-18(13-5-6-13)9-10-19-15(20)11-17-16(19)12-3-7-14(21-2)8-4-12/h3-4,7-8,13,16-17H,5-6,9-11H2,1-2H3. The molecule has 1 saturated carbocycles. The van der Waals surface area contributed by atoms with E-state index in [0.717, 1.165) is 30.4 Å². The number of carbonyl (C=O) groups is 1. The molecule has 1 aliphatic heterocycles. The molecule has 5 heteroatoms. The Morgan fingerprint density at radius 3 is 2.67 bits per heavy atom. The number of nitrogens with zero attached hydrogens (tertiary/aromatic N) is 2. The quantitative estimate of drug-likeness (QED) is 0.855. The van der Waals surface area contributed by atoms with Crippen LogP contribution in [0.3, 0.4) is 0 Å². The van der Waals surface area contributed by atoms with E-state index in [1.165, 1.54) is 12.8 Å². The highest BCUT2D eigenvalue weighted by Gasteiger charge is 2.32. The number of carbonyl (C=O) groups excluding carboxylic acids is 1. The fourth-order valence-electron chi connectivity index (χ4n) is 2.84. The third kappa shape index (κ3) is 3.19. The number of hydrogen-bond acceptors (Lipinski definition) is 4. The van der Waals surface area contributed by atoms with Crippen molar-refractivity contribution in [2.75, 3.05) is 33.8 Å². The minimum atomic E-state index is -0.0176. The van der Waals surface area contributed by atoms with E-state index in [0.29, 0.717) is 6.54 Å². The van der Waals surface area contributed by atoms with Gasteiger partial charge in [0.2, 0.25) is 5.91 Å². The SMILES string of the molecule is COc1ccc(C2NCC(=O)N2CCN(C)C2CC2)cc1. The van der Waals surface area contributed by atoms with Crippen LogP contribution in [0.25, 0.3) is 0 Å². The van der Waals surface area contributed by atoms with Gasteiger partial charge in [0.25, 0.3) is 0 Å². The number of rotatable bonds is 6. The molecule has 0 bridgehead atoms. The van der Waals surface area contributed by atoms with Crippen LogP contribution in [0.1, 0.15) is 24.6 Å². The van der Waals surface area contributed by atoms with Crippen LogP contribution in [0.4, 0.5) is 0 Å². The number of nitrogens with one attached hydrogen (secondary N) is 1. The van der Waals surface area contributed by atoms with Crippen LogP contribution in [0.15, 0.2) is 24.3 Å². The van der Waals surface area contributed by atoms with Gasteiger partial charge < -0.3 is 14.5 Å². The van der Waals surface area contributed by atoms with Gasteiger partial charge in [-0.1, -0.05) is 12.1 Å². The summed E-state index contributed by atoms with van der Waals surface area (Å²) in [6.07, 6.45) is 2.57. The minimum Gasteiger partial charge on any atom is -0.497 e. The number of likely N-dealkylation sites (N-methyl/N-ethyl adjacent to an activating group) is 1. The zero-order chi connectivity index (χ0) is 14.8. The summed E-state index contributed by atoms with van der Waals surface area (Å²) in [5.74, 6) is 1.02. The van der Waals surface area contributed by atoms with Crippen LogP contribution in [0, 0.1) is 0 Å². The van der Waals surface area contributed by atoms with E-state index in [1.807, 2.05) is 29.2 Å². The van der Waals surface area contributed by atoms with Gasteiger partial charge in [0, 0.05) is 19.1 Å². The molecule has 114 valence electrons. The lowest BCUT2D eigenvalue weighted by Gasteiger charge is -2.27. The minimum absolute atomic E-state index is 0.0176. The molecule has 1 unspecified atom stereocenters. The van der Waals surface area contributed by atoms with Crippen molar-refractivity contribution in [3.05, 3.63) is 29.8 Å². The molecule has 1 aromatic rings. The molecule has 21 heavy (non-hydrogen) atoms. The van der Waals surface area contributed by atoms with E-state index < -0.39 is 0 Å². The Hall–Kier alpha value is -1.59. The monoisotopic (exact) mass is 289 g/mol. The molecule has 2 aliphatic rings. The van der Waals surface area contributed by atoms with E-state index >= 15 is 0 Å². The molecule has 1 aromatic carbocycles. The van der Waals surface area contributed by atoms with Crippen LogP contribution in [-0.4, -0.2) is 55.5 Å². The van der Waals surface area contributed by atoms with Gasteiger partial charge in [0.15, 0.2) is 0 Å². The lowest BCUT2D eigenvalue weighted by Crippen LogP contribution is -2.37. The predicted molar refractivity (Wildman–Crippen MR) is 81.1 cm³/mol. The van der Waals surface area contributed by atoms with Crippen molar-refractivity contribution < 1.29 is 9.53 Å². The summed E-state index contributed by atoms with van der Waals surface area (Å²) >= 11 is 0. The maximum Gasteiger partial charge on any atom is 0.238 e. The highest BCUT2D eigenvalue weighted by atomic mass is 16.5. The third-order valence-corrected chi connectivity index (χ3v) is 4.37. The average Bonchev–Trinajstić information content (AvgIpc) is 3.29. The van der Waals surface area contributed by atoms with Crippen molar-refractivity contribution >= 4 is 5.91 Å². The molecule has 0 radical (unpaired) electrons. The molecule has 5 nitrogen and oxygen atoms in total. The van der Waals surface area contributed by atoms with Gasteiger partial charge in [-0.25, -0.2) is 0 Å². The summed E-state index contributed by atoms with van der Waals surface area (Å²) in [5, 5.41) is 3.30. The number of benzene rings is 1. The number of ether oxygens (including phenoxy) is 1. The summed E-state index contributed by atoms with van der Waals surface area (Å²) in [6, 6.07) is 8.65. The van der Waals surface area contributed by atoms with Crippen LogP contribution >= 0.6 is 0 Å². The molecule has 0 aromatic heterocycles. The molecule has 0 spiro atoms. The van der Waals surface area contributed by atoms with E-state index in [-0.39, 0.29) is 12.1 Å². The smallest absolute Gasteiger partial charge is 0.238 e. The second-order valence-electron chi connectivity index (χ2n) is 5.86. The highest BCUT2D eigenvalue weighted by molar-refractivity contribution is 5.81. The third-order valence-electron chi connectivity index (χ3n) is 4.37. The van der Waals surface area contributed by atoms with E-state index in [4.69, 9.17) is 4.74 Å². The lowest BCUT2D eigenvalue weighted by molar-refractivity contribution is -0.128. The zero-order valence-electron chi connectivity index (χ0n) is 12.7. The van der Waals surface area contributed by atoms with Gasteiger partial charge in [0.1, 0.15) is 11.9 Å². The van der Waals surface area contributed by atoms with Crippen LogP contribution in [0.5, 0.6) is 5.75 Å². The second kappa shape index (κ2) is 6.03. The summed E-state index contributed by atoms with van der Waals surface area (Å²) in [4.78, 5) is 16.4. The number of amides is 1. The second-order valence-corrected chi connectivity index (χ2v) is 5.86. The first-order chi connectivity index (χ1) is 10.2. The summed E-state index contributed by atoms with van der Waals surface area (Å²) in [5.41, 5.74) is 1.11. The van der Waals surface area contributed by atoms with Crippen molar-refractivity contribution in [2.45, 2.75) is 25.0 Å². The first kappa shape index (κ1) is 14.4. The first-order valence-electron chi connectivity index (χ1n) is 7.56. The topological polar surface area (TPSA) is 44.8 Å². The lowest BCUT2D eigenvalue weighted by atomic mass is 10.1. The summed E-state index contributed by atoms with van der Waals surface area (Å²) in [6.45, 7) is 2.13. The molecule has 1 aliphatic carbocycles. The van der Waals surface area contributed by atoms with Gasteiger partial charge in [-0.2, -0.15) is 0 Å². The largest absolute Gasteiger partial charge is 0.497 e. The van der Waals surface area contributed by atoms with E-state index in [2.05, 4.69) is 17.3 Å². The summed E-state index contributed by atoms with van der Waals surface area (Å²) < 4.78 is 5.18. The van der Waals surface area contributed by atoms with Gasteiger partial charge in [-0.3, -0.25) is 10.1 Å². The van der Waals surface area contributed by atoms with Gasteiger partial charge in [-0.05, 0) is 37.6 Å². The highest BCUT2D eigenvalue weighted by Crippen LogP contribution is 2.27. The average molecular weight is 289 g/mol. The molecule has 2 fully saturated rings. The molecule has 1 saturated heterocycles. The van der Waals surface area contributed by atoms with Crippen LogP contribution in [0.2, 0.25) is 0 Å². The van der Waals surface area contributed by atoms with E-state index in [9.17, 15) is 4.79 Å². The normalized spacial score (nSPS) is 22.1. The molecular weight excluding hydrogens is 266 g/mol. The van der Waals surface area contributed by atoms with E-state index in [1.54, 1.807) is 7.11 Å². The Bertz CT molecular complexity index is 499. The van der Waals surface area contributed by atoms with Crippen molar-refractivity contribution in [1.29, 1.82) is 0 Å². The summed E-state index contributed by atoms with van der Waals surface area (Å²) in [7, 11) is 3.81. The zero-order valence-corrected chi connectivity index (χ0v) is 12.7. The Balaban J connectivity index is 1.65. The van der Waals surface area contributed by atoms with Crippen molar-refractivity contribution in [2.24, 2.45) is 0 Å². The van der Waals surface area contributed by atoms with Crippen LogP contribution < -0.4 is 10.1 Å². The van der Waals surface area contributed by atoms with Gasteiger partial charge in [0.05, 0.1) is 13.7 Å². The molecule has 1 atom stereocenters. The molecule has 1 N–H and O–H groups in total. The molecular formula is C16H23N3O2. The van der Waals surface area contributed by atoms with Crippen molar-refractivity contribution in [1.82, 2.24) is 15.1 Å². The van der Waals surface area contributed by atoms with Gasteiger partial charge in [-0.15, -0.1) is 0 Å².